The van der Waals surface area contributed by atoms with Gasteiger partial charge in [0.15, 0.2) is 5.58 Å². The Bertz CT molecular complexity index is 4200. The second kappa shape index (κ2) is 13.7. The summed E-state index contributed by atoms with van der Waals surface area (Å²) in [6.07, 6.45) is 0. The van der Waals surface area contributed by atoms with Crippen LogP contribution in [0.2, 0.25) is 0 Å². The summed E-state index contributed by atoms with van der Waals surface area (Å²) in [7, 11) is 0. The number of rotatable bonds is 4. The van der Waals surface area contributed by atoms with Crippen molar-refractivity contribution in [3.63, 3.8) is 0 Å². The lowest BCUT2D eigenvalue weighted by molar-refractivity contribution is 0.674. The van der Waals surface area contributed by atoms with E-state index in [0.29, 0.717) is 0 Å². The molecule has 0 bridgehead atoms. The number of thiophene rings is 1. The molecule has 0 aliphatic rings. The summed E-state index contributed by atoms with van der Waals surface area (Å²) in [5.41, 5.74) is 11.8. The number of fused-ring (bicyclic) bond motifs is 12. The van der Waals surface area contributed by atoms with Crippen LogP contribution in [0.15, 0.2) is 223 Å². The molecule has 0 fully saturated rings. The van der Waals surface area contributed by atoms with Crippen LogP contribution in [0.5, 0.6) is 0 Å². The van der Waals surface area contributed by atoms with E-state index in [-0.39, 0.29) is 0 Å². The standard InChI is InChI=1S/C62H36OS/c1-2-13-38-32-40(25-24-37(38)12-1)39-14-11-15-43(33-39)59-49-19-5-7-21-51(49)60(52-22-8-6-20-50(52)59)53-29-28-45(46-16-3-4-17-47(46)53)42-27-26-41-36-57-56(35-44(41)34-42)54-30-31-55-48-18-9-10-23-58(48)64-62(55)61(54)63-57/h1-36H. The number of hydrogen-bond acceptors (Lipinski definition) is 2. The molecule has 0 N–H and O–H groups in total. The fourth-order valence-corrected chi connectivity index (χ4v) is 11.8. The molecule has 0 saturated heterocycles. The van der Waals surface area contributed by atoms with Crippen LogP contribution in [0.4, 0.5) is 0 Å². The van der Waals surface area contributed by atoms with Gasteiger partial charge in [0, 0.05) is 26.2 Å². The molecule has 0 spiro atoms. The Labute approximate surface area is 372 Å². The van der Waals surface area contributed by atoms with Crippen LogP contribution < -0.4 is 0 Å². The molecule has 64 heavy (non-hydrogen) atoms. The molecule has 2 heterocycles. The third-order valence-corrected chi connectivity index (χ3v) is 14.8. The van der Waals surface area contributed by atoms with Crippen LogP contribution in [0.3, 0.4) is 0 Å². The maximum absolute atomic E-state index is 6.67. The maximum Gasteiger partial charge on any atom is 0.153 e. The molecule has 296 valence electrons. The topological polar surface area (TPSA) is 13.1 Å². The quantitative estimate of drug-likeness (QED) is 0.161. The highest BCUT2D eigenvalue weighted by Crippen LogP contribution is 2.48. The third-order valence-electron chi connectivity index (χ3n) is 13.6. The van der Waals surface area contributed by atoms with Crippen molar-refractivity contribution in [2.45, 2.75) is 0 Å². The van der Waals surface area contributed by atoms with Crippen molar-refractivity contribution in [3.05, 3.63) is 218 Å². The van der Waals surface area contributed by atoms with Gasteiger partial charge in [-0.1, -0.05) is 176 Å². The van der Waals surface area contributed by atoms with Crippen LogP contribution in [0, 0.1) is 0 Å². The first-order chi connectivity index (χ1) is 31.7. The monoisotopic (exact) mass is 828 g/mol. The van der Waals surface area contributed by atoms with E-state index in [1.54, 1.807) is 0 Å². The summed E-state index contributed by atoms with van der Waals surface area (Å²) in [5.74, 6) is 0. The Morgan fingerprint density at radius 2 is 0.844 bits per heavy atom. The average molecular weight is 829 g/mol. The van der Waals surface area contributed by atoms with Gasteiger partial charge < -0.3 is 4.42 Å². The third kappa shape index (κ3) is 5.30. The summed E-state index contributed by atoms with van der Waals surface area (Å²) in [6.45, 7) is 0. The van der Waals surface area contributed by atoms with Crippen molar-refractivity contribution >= 4 is 107 Å². The maximum atomic E-state index is 6.67. The molecule has 2 heteroatoms. The summed E-state index contributed by atoms with van der Waals surface area (Å²) in [4.78, 5) is 0. The minimum atomic E-state index is 0.929. The normalized spacial score (nSPS) is 12.1. The zero-order chi connectivity index (χ0) is 41.9. The number of furan rings is 1. The van der Waals surface area contributed by atoms with E-state index in [1.807, 2.05) is 11.3 Å². The first-order valence-electron chi connectivity index (χ1n) is 22.0. The van der Waals surface area contributed by atoms with Gasteiger partial charge in [-0.3, -0.25) is 0 Å². The van der Waals surface area contributed by atoms with Crippen molar-refractivity contribution in [2.75, 3.05) is 0 Å². The molecule has 14 aromatic rings. The predicted octanol–water partition coefficient (Wildman–Crippen LogP) is 18.4. The van der Waals surface area contributed by atoms with E-state index in [4.69, 9.17) is 4.42 Å². The predicted molar refractivity (Wildman–Crippen MR) is 276 cm³/mol. The lowest BCUT2D eigenvalue weighted by Crippen LogP contribution is -1.93. The van der Waals surface area contributed by atoms with Gasteiger partial charge in [0.2, 0.25) is 0 Å². The molecule has 2 aromatic heterocycles. The van der Waals surface area contributed by atoms with Crippen molar-refractivity contribution in [1.29, 1.82) is 0 Å². The highest BCUT2D eigenvalue weighted by atomic mass is 32.1. The van der Waals surface area contributed by atoms with E-state index in [9.17, 15) is 0 Å². The van der Waals surface area contributed by atoms with E-state index < -0.39 is 0 Å². The molecule has 0 saturated carbocycles. The van der Waals surface area contributed by atoms with Gasteiger partial charge >= 0.3 is 0 Å². The molecule has 0 radical (unpaired) electrons. The zero-order valence-electron chi connectivity index (χ0n) is 34.6. The van der Waals surface area contributed by atoms with E-state index in [1.165, 1.54) is 124 Å². The Morgan fingerprint density at radius 1 is 0.281 bits per heavy atom. The molecular weight excluding hydrogens is 793 g/mol. The minimum absolute atomic E-state index is 0.929. The summed E-state index contributed by atoms with van der Waals surface area (Å²) < 4.78 is 9.17. The van der Waals surface area contributed by atoms with Crippen molar-refractivity contribution < 1.29 is 4.42 Å². The van der Waals surface area contributed by atoms with Gasteiger partial charge in [-0.25, -0.2) is 0 Å². The van der Waals surface area contributed by atoms with Crippen molar-refractivity contribution in [3.8, 4) is 44.5 Å². The zero-order valence-corrected chi connectivity index (χ0v) is 35.4. The molecule has 0 unspecified atom stereocenters. The molecule has 0 amide bonds. The molecule has 0 aliphatic carbocycles. The van der Waals surface area contributed by atoms with Crippen LogP contribution in [-0.2, 0) is 0 Å². The molecule has 12 aromatic carbocycles. The van der Waals surface area contributed by atoms with Crippen LogP contribution in [0.25, 0.3) is 140 Å². The van der Waals surface area contributed by atoms with Gasteiger partial charge in [0.1, 0.15) is 5.58 Å². The second-order valence-electron chi connectivity index (χ2n) is 17.1. The SMILES string of the molecule is c1cc(-c2ccc3ccccc3c2)cc(-c2c3ccccc3c(-c3ccc(-c4ccc5cc6oc7c(ccc8c9ccccc9sc87)c6cc5c4)c4ccccc34)c3ccccc23)c1. The fraction of sp³-hybridized carbons (Fsp3) is 0. The molecule has 14 rings (SSSR count). The lowest BCUT2D eigenvalue weighted by atomic mass is 9.83. The van der Waals surface area contributed by atoms with Crippen LogP contribution in [0.1, 0.15) is 0 Å². The first-order valence-corrected chi connectivity index (χ1v) is 22.8. The molecule has 0 atom stereocenters. The minimum Gasteiger partial charge on any atom is -0.455 e. The summed E-state index contributed by atoms with van der Waals surface area (Å²) in [5, 5.41) is 17.2. The van der Waals surface area contributed by atoms with E-state index >= 15 is 0 Å². The summed E-state index contributed by atoms with van der Waals surface area (Å²) in [6, 6.07) is 80.7. The smallest absolute Gasteiger partial charge is 0.153 e. The van der Waals surface area contributed by atoms with Gasteiger partial charge in [-0.2, -0.15) is 0 Å². The molecule has 1 nitrogen and oxygen atoms in total. The second-order valence-corrected chi connectivity index (χ2v) is 18.2. The Morgan fingerprint density at radius 3 is 1.64 bits per heavy atom. The van der Waals surface area contributed by atoms with Gasteiger partial charge in [0.25, 0.3) is 0 Å². The molecular formula is C62H36OS. The summed E-state index contributed by atoms with van der Waals surface area (Å²) >= 11 is 1.82. The van der Waals surface area contributed by atoms with Crippen LogP contribution >= 0.6 is 11.3 Å². The highest BCUT2D eigenvalue weighted by molar-refractivity contribution is 7.26. The average Bonchev–Trinajstić information content (AvgIpc) is 3.92. The van der Waals surface area contributed by atoms with E-state index in [0.717, 1.165) is 16.6 Å². The Hall–Kier alpha value is -8.04. The van der Waals surface area contributed by atoms with Gasteiger partial charge in [-0.15, -0.1) is 11.3 Å². The molecule has 0 aliphatic heterocycles. The Balaban J connectivity index is 0.925. The van der Waals surface area contributed by atoms with Gasteiger partial charge in [-0.05, 0) is 141 Å². The van der Waals surface area contributed by atoms with Crippen molar-refractivity contribution in [2.24, 2.45) is 0 Å². The number of benzene rings is 12. The van der Waals surface area contributed by atoms with Crippen LogP contribution in [-0.4, -0.2) is 0 Å². The lowest BCUT2D eigenvalue weighted by Gasteiger charge is -2.20. The Kier molecular flexibility index (Phi) is 7.63. The highest BCUT2D eigenvalue weighted by Gasteiger charge is 2.20. The van der Waals surface area contributed by atoms with Gasteiger partial charge in [0.05, 0.1) is 4.70 Å². The number of hydrogen-bond donors (Lipinski definition) is 0. The largest absolute Gasteiger partial charge is 0.455 e. The first kappa shape index (κ1) is 35.5. The fourth-order valence-electron chi connectivity index (χ4n) is 10.6. The van der Waals surface area contributed by atoms with Crippen molar-refractivity contribution in [1.82, 2.24) is 0 Å². The van der Waals surface area contributed by atoms with E-state index in [2.05, 4.69) is 218 Å².